The first-order valence-electron chi connectivity index (χ1n) is 8.19. The molecule has 0 saturated carbocycles. The Labute approximate surface area is 137 Å². The van der Waals surface area contributed by atoms with E-state index in [-0.39, 0.29) is 6.03 Å². The highest BCUT2D eigenvalue weighted by Crippen LogP contribution is 2.32. The SMILES string of the molecule is C[C@@H]1CN(C(=O)NCc2nccn2C)CC[C@H]1c1ccccc1. The summed E-state index contributed by atoms with van der Waals surface area (Å²) in [6.07, 6.45) is 4.64. The molecule has 0 bridgehead atoms. The predicted molar refractivity (Wildman–Crippen MR) is 90.0 cm³/mol. The fourth-order valence-electron chi connectivity index (χ4n) is 3.36. The van der Waals surface area contributed by atoms with Crippen molar-refractivity contribution in [2.45, 2.75) is 25.8 Å². The van der Waals surface area contributed by atoms with E-state index in [0.29, 0.717) is 18.4 Å². The van der Waals surface area contributed by atoms with E-state index < -0.39 is 0 Å². The lowest BCUT2D eigenvalue weighted by molar-refractivity contribution is 0.159. The summed E-state index contributed by atoms with van der Waals surface area (Å²) in [6.45, 7) is 4.30. The second-order valence-corrected chi connectivity index (χ2v) is 6.34. The van der Waals surface area contributed by atoms with Crippen LogP contribution in [0.15, 0.2) is 42.7 Å². The predicted octanol–water partition coefficient (Wildman–Crippen LogP) is 2.76. The molecule has 0 aliphatic carbocycles. The summed E-state index contributed by atoms with van der Waals surface area (Å²) in [4.78, 5) is 18.5. The molecule has 0 radical (unpaired) electrons. The molecule has 0 unspecified atom stereocenters. The Morgan fingerprint density at radius 3 is 2.78 bits per heavy atom. The molecule has 23 heavy (non-hydrogen) atoms. The molecule has 1 saturated heterocycles. The maximum Gasteiger partial charge on any atom is 0.317 e. The zero-order valence-corrected chi connectivity index (χ0v) is 13.8. The molecule has 1 N–H and O–H groups in total. The van der Waals surface area contributed by atoms with Crippen LogP contribution >= 0.6 is 0 Å². The van der Waals surface area contributed by atoms with Crippen LogP contribution in [0.1, 0.15) is 30.7 Å². The van der Waals surface area contributed by atoms with Gasteiger partial charge in [0.05, 0.1) is 6.54 Å². The molecule has 122 valence electrons. The van der Waals surface area contributed by atoms with E-state index in [1.807, 2.05) is 28.8 Å². The van der Waals surface area contributed by atoms with E-state index in [2.05, 4.69) is 41.5 Å². The third kappa shape index (κ3) is 3.55. The molecule has 5 heteroatoms. The Morgan fingerprint density at radius 1 is 1.35 bits per heavy atom. The minimum Gasteiger partial charge on any atom is -0.337 e. The van der Waals surface area contributed by atoms with Gasteiger partial charge in [-0.1, -0.05) is 37.3 Å². The number of hydrogen-bond donors (Lipinski definition) is 1. The molecule has 2 heterocycles. The third-order valence-corrected chi connectivity index (χ3v) is 4.74. The number of rotatable bonds is 3. The number of carbonyl (C=O) groups excluding carboxylic acids is 1. The van der Waals surface area contributed by atoms with E-state index in [9.17, 15) is 4.79 Å². The molecule has 1 aromatic carbocycles. The molecule has 1 aromatic heterocycles. The van der Waals surface area contributed by atoms with Gasteiger partial charge in [0, 0.05) is 32.5 Å². The summed E-state index contributed by atoms with van der Waals surface area (Å²) < 4.78 is 1.92. The molecule has 2 amide bonds. The lowest BCUT2D eigenvalue weighted by atomic mass is 9.82. The zero-order chi connectivity index (χ0) is 16.2. The molecular weight excluding hydrogens is 288 g/mol. The van der Waals surface area contributed by atoms with E-state index in [1.54, 1.807) is 6.20 Å². The average molecular weight is 312 g/mol. The molecular formula is C18H24N4O. The maximum atomic E-state index is 12.4. The summed E-state index contributed by atoms with van der Waals surface area (Å²) in [7, 11) is 1.93. The van der Waals surface area contributed by atoms with E-state index in [0.717, 1.165) is 25.3 Å². The molecule has 5 nitrogen and oxygen atoms in total. The van der Waals surface area contributed by atoms with Gasteiger partial charge in [-0.2, -0.15) is 0 Å². The van der Waals surface area contributed by atoms with Crippen LogP contribution in [0.3, 0.4) is 0 Å². The van der Waals surface area contributed by atoms with E-state index in [4.69, 9.17) is 0 Å². The van der Waals surface area contributed by atoms with Crippen molar-refractivity contribution in [3.8, 4) is 0 Å². The summed E-state index contributed by atoms with van der Waals surface area (Å²) in [5.41, 5.74) is 1.38. The van der Waals surface area contributed by atoms with E-state index >= 15 is 0 Å². The molecule has 1 aliphatic heterocycles. The van der Waals surface area contributed by atoms with Gasteiger partial charge in [-0.15, -0.1) is 0 Å². The Kier molecular flexibility index (Phi) is 4.65. The largest absolute Gasteiger partial charge is 0.337 e. The molecule has 0 spiro atoms. The average Bonchev–Trinajstić information content (AvgIpc) is 2.98. The van der Waals surface area contributed by atoms with Crippen molar-refractivity contribution in [2.75, 3.05) is 13.1 Å². The molecule has 1 aliphatic rings. The van der Waals surface area contributed by atoms with Crippen molar-refractivity contribution in [3.05, 3.63) is 54.1 Å². The molecule has 3 rings (SSSR count). The standard InChI is InChI=1S/C18H24N4O/c1-14-13-22(10-8-16(14)15-6-4-3-5-7-15)18(23)20-12-17-19-9-11-21(17)2/h3-7,9,11,14,16H,8,10,12-13H2,1-2H3,(H,20,23)/t14-,16-/m1/s1. The fourth-order valence-corrected chi connectivity index (χ4v) is 3.36. The summed E-state index contributed by atoms with van der Waals surface area (Å²) in [5, 5.41) is 2.97. The van der Waals surface area contributed by atoms with Gasteiger partial charge in [0.1, 0.15) is 5.82 Å². The molecule has 2 atom stereocenters. The third-order valence-electron chi connectivity index (χ3n) is 4.74. The van der Waals surface area contributed by atoms with Crippen molar-refractivity contribution in [1.82, 2.24) is 19.8 Å². The number of nitrogens with one attached hydrogen (secondary N) is 1. The zero-order valence-electron chi connectivity index (χ0n) is 13.8. The highest BCUT2D eigenvalue weighted by Gasteiger charge is 2.29. The second kappa shape index (κ2) is 6.86. The minimum atomic E-state index is 0.00589. The minimum absolute atomic E-state index is 0.00589. The first-order chi connectivity index (χ1) is 11.1. The van der Waals surface area contributed by atoms with Crippen LogP contribution in [0.25, 0.3) is 0 Å². The highest BCUT2D eigenvalue weighted by atomic mass is 16.2. The highest BCUT2D eigenvalue weighted by molar-refractivity contribution is 5.74. The normalized spacial score (nSPS) is 21.2. The van der Waals surface area contributed by atoms with Crippen molar-refractivity contribution >= 4 is 6.03 Å². The summed E-state index contributed by atoms with van der Waals surface area (Å²) in [5.74, 6) is 1.87. The van der Waals surface area contributed by atoms with Crippen molar-refractivity contribution < 1.29 is 4.79 Å². The van der Waals surface area contributed by atoms with Crippen LogP contribution in [0.2, 0.25) is 0 Å². The second-order valence-electron chi connectivity index (χ2n) is 6.34. The molecule has 2 aromatic rings. The number of aromatic nitrogens is 2. The van der Waals surface area contributed by atoms with Gasteiger partial charge in [-0.3, -0.25) is 0 Å². The number of aryl methyl sites for hydroxylation is 1. The van der Waals surface area contributed by atoms with Crippen LogP contribution in [-0.2, 0) is 13.6 Å². The topological polar surface area (TPSA) is 50.2 Å². The fraction of sp³-hybridized carbons (Fsp3) is 0.444. The Bertz CT molecular complexity index is 652. The lowest BCUT2D eigenvalue weighted by Crippen LogP contribution is -2.46. The maximum absolute atomic E-state index is 12.4. The number of imidazole rings is 1. The van der Waals surface area contributed by atoms with Gasteiger partial charge < -0.3 is 14.8 Å². The Hall–Kier alpha value is -2.30. The van der Waals surface area contributed by atoms with E-state index in [1.165, 1.54) is 5.56 Å². The van der Waals surface area contributed by atoms with Gasteiger partial charge in [-0.25, -0.2) is 9.78 Å². The number of piperidine rings is 1. The number of urea groups is 1. The smallest absolute Gasteiger partial charge is 0.317 e. The quantitative estimate of drug-likeness (QED) is 0.947. The van der Waals surface area contributed by atoms with Gasteiger partial charge in [0.2, 0.25) is 0 Å². The van der Waals surface area contributed by atoms with Gasteiger partial charge >= 0.3 is 6.03 Å². The number of benzene rings is 1. The van der Waals surface area contributed by atoms with Gasteiger partial charge in [0.25, 0.3) is 0 Å². The number of amides is 2. The van der Waals surface area contributed by atoms with Gasteiger partial charge in [-0.05, 0) is 23.8 Å². The van der Waals surface area contributed by atoms with Crippen molar-refractivity contribution in [1.29, 1.82) is 0 Å². The number of likely N-dealkylation sites (tertiary alicyclic amines) is 1. The number of carbonyl (C=O) groups is 1. The van der Waals surface area contributed by atoms with Crippen LogP contribution in [0.5, 0.6) is 0 Å². The number of nitrogens with zero attached hydrogens (tertiary/aromatic N) is 3. The lowest BCUT2D eigenvalue weighted by Gasteiger charge is -2.37. The van der Waals surface area contributed by atoms with Crippen LogP contribution < -0.4 is 5.32 Å². The van der Waals surface area contributed by atoms with Crippen molar-refractivity contribution in [2.24, 2.45) is 13.0 Å². The first-order valence-corrected chi connectivity index (χ1v) is 8.19. The Morgan fingerprint density at radius 2 is 2.13 bits per heavy atom. The van der Waals surface area contributed by atoms with Crippen LogP contribution in [-0.4, -0.2) is 33.6 Å². The van der Waals surface area contributed by atoms with Gasteiger partial charge in [0.15, 0.2) is 0 Å². The first kappa shape index (κ1) is 15.6. The van der Waals surface area contributed by atoms with Crippen LogP contribution in [0, 0.1) is 5.92 Å². The summed E-state index contributed by atoms with van der Waals surface area (Å²) in [6, 6.07) is 10.6. The van der Waals surface area contributed by atoms with Crippen molar-refractivity contribution in [3.63, 3.8) is 0 Å². The summed E-state index contributed by atoms with van der Waals surface area (Å²) >= 11 is 0. The number of hydrogen-bond acceptors (Lipinski definition) is 2. The monoisotopic (exact) mass is 312 g/mol. The Balaban J connectivity index is 1.55. The molecule has 1 fully saturated rings. The van der Waals surface area contributed by atoms with Crippen LogP contribution in [0.4, 0.5) is 4.79 Å².